The van der Waals surface area contributed by atoms with Crippen LogP contribution in [0.1, 0.15) is 14.9 Å². The van der Waals surface area contributed by atoms with Crippen molar-refractivity contribution in [3.05, 3.63) is 62.7 Å². The van der Waals surface area contributed by atoms with Crippen molar-refractivity contribution in [3.63, 3.8) is 0 Å². The minimum absolute atomic E-state index is 0. The van der Waals surface area contributed by atoms with E-state index in [-0.39, 0.29) is 26.4 Å². The molecule has 2 aromatic heterocycles. The van der Waals surface area contributed by atoms with E-state index >= 15 is 0 Å². The Hall–Kier alpha value is -3.17. The quantitative estimate of drug-likeness (QED) is 0.664. The molecule has 0 amide bonds. The summed E-state index contributed by atoms with van der Waals surface area (Å²) in [7, 11) is 0. The molecule has 0 aromatic carbocycles. The maximum absolute atomic E-state index is 12.3. The van der Waals surface area contributed by atoms with E-state index in [1.807, 2.05) is 0 Å². The predicted molar refractivity (Wildman–Crippen MR) is 79.6 cm³/mol. The molecule has 0 spiro atoms. The lowest BCUT2D eigenvalue weighted by molar-refractivity contribution is -0.392. The van der Waals surface area contributed by atoms with Gasteiger partial charge in [-0.15, -0.1) is 0 Å². The van der Waals surface area contributed by atoms with E-state index in [1.165, 1.54) is 24.5 Å². The summed E-state index contributed by atoms with van der Waals surface area (Å²) in [5, 5.41) is 20.0. The topological polar surface area (TPSA) is 138 Å². The van der Waals surface area contributed by atoms with Crippen LogP contribution < -0.4 is 5.73 Å². The molecule has 0 saturated carbocycles. The number of aromatic nitrogens is 2. The van der Waals surface area contributed by atoms with E-state index in [0.29, 0.717) is 0 Å². The summed E-state index contributed by atoms with van der Waals surface area (Å²) in [5.74, 6) is -1.93. The van der Waals surface area contributed by atoms with Gasteiger partial charge in [-0.3, -0.25) is 0 Å². The van der Waals surface area contributed by atoms with Gasteiger partial charge in [0.15, 0.2) is 0 Å². The number of nitrogens with zero attached hydrogens (tertiary/aromatic N) is 4. The number of rotatable bonds is 2. The van der Waals surface area contributed by atoms with Crippen molar-refractivity contribution in [3.8, 4) is 0 Å². The van der Waals surface area contributed by atoms with Gasteiger partial charge in [0.2, 0.25) is 5.82 Å². The van der Waals surface area contributed by atoms with Gasteiger partial charge >= 0.3 is 11.6 Å². The summed E-state index contributed by atoms with van der Waals surface area (Å²) >= 11 is 0. The van der Waals surface area contributed by atoms with Crippen molar-refractivity contribution in [2.75, 3.05) is 5.73 Å². The molecule has 2 rings (SSSR count). The highest BCUT2D eigenvalue weighted by molar-refractivity contribution is 5.51. The Morgan fingerprint density at radius 3 is 1.73 bits per heavy atom. The van der Waals surface area contributed by atoms with Crippen molar-refractivity contribution < 1.29 is 14.2 Å². The summed E-state index contributed by atoms with van der Waals surface area (Å²) in [6.45, 7) is 0. The van der Waals surface area contributed by atoms with E-state index in [0.717, 1.165) is 6.07 Å². The number of nitro groups is 2. The van der Waals surface area contributed by atoms with Gasteiger partial charge in [0.25, 0.3) is 0 Å². The van der Waals surface area contributed by atoms with Gasteiger partial charge in [0.1, 0.15) is 18.1 Å². The summed E-state index contributed by atoms with van der Waals surface area (Å²) < 4.78 is 12.3. The number of hydrogen-bond acceptors (Lipinski definition) is 7. The minimum atomic E-state index is -0.910. The average Bonchev–Trinajstić information content (AvgIpc) is 2.40. The molecule has 2 aromatic rings. The Bertz CT molecular complexity index is 583. The molecule has 22 heavy (non-hydrogen) atoms. The molecule has 10 heteroatoms. The molecule has 2 heterocycles. The van der Waals surface area contributed by atoms with Crippen molar-refractivity contribution in [1.82, 2.24) is 9.97 Å². The monoisotopic (exact) mass is 313 g/mol. The highest BCUT2D eigenvalue weighted by Gasteiger charge is 2.12. The summed E-state index contributed by atoms with van der Waals surface area (Å²) in [6, 6.07) is 5.26. The Morgan fingerprint density at radius 2 is 1.41 bits per heavy atom. The molecule has 0 fully saturated rings. The van der Waals surface area contributed by atoms with E-state index < -0.39 is 21.5 Å². The molecule has 0 radical (unpaired) electrons. The molecule has 0 atom stereocenters. The van der Waals surface area contributed by atoms with Crippen LogP contribution in [0, 0.1) is 26.0 Å². The normalized spacial score (nSPS) is 8.41. The molecule has 0 saturated heterocycles. The van der Waals surface area contributed by atoms with Crippen LogP contribution in [-0.4, -0.2) is 19.8 Å². The first-order valence-electron chi connectivity index (χ1n) is 5.03. The lowest BCUT2D eigenvalue weighted by Crippen LogP contribution is -1.96. The molecule has 0 bridgehead atoms. The number of anilines is 1. The zero-order chi connectivity index (χ0) is 15.1. The van der Waals surface area contributed by atoms with Gasteiger partial charge in [0, 0.05) is 0 Å². The molecule has 0 aliphatic heterocycles. The van der Waals surface area contributed by atoms with Crippen LogP contribution >= 0.6 is 0 Å². The predicted octanol–water partition coefficient (Wildman–Crippen LogP) is 2.97. The minimum Gasteiger partial charge on any atom is -0.392 e. The Labute approximate surface area is 125 Å². The zero-order valence-corrected chi connectivity index (χ0v) is 9.84. The fourth-order valence-electron chi connectivity index (χ4n) is 1.07. The number of nitrogens with two attached hydrogens (primary N) is 1. The number of nitrogen functional groups attached to an aromatic ring is 1. The van der Waals surface area contributed by atoms with E-state index in [2.05, 4.69) is 9.97 Å². The zero-order valence-electron chi connectivity index (χ0n) is 9.84. The van der Waals surface area contributed by atoms with E-state index in [9.17, 15) is 24.6 Å². The number of hydrogen-bond donors (Lipinski definition) is 1. The standard InChI is InChI=1S/C5H3FN2O2.C5H5N3O2.2CH4/c2*6-4-2-1-3-7-5(4)8(9)10;;/h1-3H;1-3H,6H2;2*1H4. The lowest BCUT2D eigenvalue weighted by atomic mass is 10.4. The largest absolute Gasteiger partial charge is 0.399 e. The fraction of sp³-hybridized carbons (Fsp3) is 0.167. The highest BCUT2D eigenvalue weighted by atomic mass is 19.1. The fourth-order valence-corrected chi connectivity index (χ4v) is 1.07. The van der Waals surface area contributed by atoms with Gasteiger partial charge in [-0.05, 0) is 44.1 Å². The Morgan fingerprint density at radius 1 is 0.955 bits per heavy atom. The summed E-state index contributed by atoms with van der Waals surface area (Å²) in [5.41, 5.74) is 5.31. The third kappa shape index (κ3) is 5.86. The second-order valence-electron chi connectivity index (χ2n) is 3.24. The van der Waals surface area contributed by atoms with Gasteiger partial charge in [0.05, 0.1) is 0 Å². The van der Waals surface area contributed by atoms with Gasteiger partial charge < -0.3 is 26.0 Å². The van der Waals surface area contributed by atoms with Gasteiger partial charge in [-0.1, -0.05) is 14.9 Å². The van der Waals surface area contributed by atoms with Crippen LogP contribution in [0.5, 0.6) is 0 Å². The summed E-state index contributed by atoms with van der Waals surface area (Å²) in [4.78, 5) is 25.2. The second-order valence-corrected chi connectivity index (χ2v) is 3.24. The molecule has 9 nitrogen and oxygen atoms in total. The maximum atomic E-state index is 12.3. The van der Waals surface area contributed by atoms with Crippen molar-refractivity contribution in [1.29, 1.82) is 0 Å². The highest BCUT2D eigenvalue weighted by Crippen LogP contribution is 2.14. The molecular weight excluding hydrogens is 297 g/mol. The van der Waals surface area contributed by atoms with Crippen LogP contribution in [0.15, 0.2) is 36.7 Å². The number of pyridine rings is 2. The van der Waals surface area contributed by atoms with Crippen LogP contribution in [0.25, 0.3) is 0 Å². The molecule has 0 aliphatic carbocycles. The lowest BCUT2D eigenvalue weighted by Gasteiger charge is -1.92. The van der Waals surface area contributed by atoms with Crippen LogP contribution in [-0.2, 0) is 0 Å². The molecule has 0 aliphatic rings. The van der Waals surface area contributed by atoms with Crippen LogP contribution in [0.3, 0.4) is 0 Å². The van der Waals surface area contributed by atoms with Crippen molar-refractivity contribution in [2.45, 2.75) is 14.9 Å². The van der Waals surface area contributed by atoms with Gasteiger partial charge in [-0.2, -0.15) is 4.39 Å². The number of halogens is 1. The third-order valence-electron chi connectivity index (χ3n) is 1.90. The first kappa shape index (κ1) is 21.1. The van der Waals surface area contributed by atoms with E-state index in [1.54, 1.807) is 6.07 Å². The smallest absolute Gasteiger partial charge is 0.392 e. The maximum Gasteiger partial charge on any atom is 0.399 e. The molecular formula is C12H16FN5O4. The first-order chi connectivity index (χ1) is 9.43. The van der Waals surface area contributed by atoms with Crippen LogP contribution in [0.4, 0.5) is 21.7 Å². The van der Waals surface area contributed by atoms with Gasteiger partial charge in [-0.25, -0.2) is 0 Å². The van der Waals surface area contributed by atoms with Crippen molar-refractivity contribution >= 4 is 17.3 Å². The SMILES string of the molecule is C.C.Nc1cccnc1[N+](=O)[O-].O=[N+]([O-])c1ncccc1F. The van der Waals surface area contributed by atoms with Crippen molar-refractivity contribution in [2.24, 2.45) is 0 Å². The Balaban J connectivity index is 0. The average molecular weight is 313 g/mol. The summed E-state index contributed by atoms with van der Waals surface area (Å²) in [6.07, 6.45) is 2.50. The molecule has 120 valence electrons. The van der Waals surface area contributed by atoms with Crippen LogP contribution in [0.2, 0.25) is 0 Å². The third-order valence-corrected chi connectivity index (χ3v) is 1.90. The first-order valence-corrected chi connectivity index (χ1v) is 5.03. The molecule has 0 unspecified atom stereocenters. The van der Waals surface area contributed by atoms with E-state index in [4.69, 9.17) is 5.73 Å². The Kier molecular flexibility index (Phi) is 9.31. The second kappa shape index (κ2) is 9.69. The molecule has 2 N–H and O–H groups in total.